The smallest absolute Gasteiger partial charge is 0.255 e. The Hall–Kier alpha value is -2.27. The van der Waals surface area contributed by atoms with E-state index in [2.05, 4.69) is 10.6 Å². The van der Waals surface area contributed by atoms with E-state index in [0.29, 0.717) is 5.69 Å². The van der Waals surface area contributed by atoms with Crippen LogP contribution in [0.2, 0.25) is 0 Å². The van der Waals surface area contributed by atoms with Gasteiger partial charge in [0, 0.05) is 17.8 Å². The van der Waals surface area contributed by atoms with Crippen molar-refractivity contribution >= 4 is 11.6 Å². The molecule has 2 N–H and O–H groups in total. The summed E-state index contributed by atoms with van der Waals surface area (Å²) in [5, 5.41) is 5.84. The van der Waals surface area contributed by atoms with Crippen LogP contribution in [0.15, 0.2) is 42.5 Å². The second-order valence-corrected chi connectivity index (χ2v) is 4.56. The minimum atomic E-state index is -1.04. The van der Waals surface area contributed by atoms with Crippen LogP contribution in [0.1, 0.15) is 22.8 Å². The Morgan fingerprint density at radius 1 is 1.05 bits per heavy atom. The molecule has 5 heteroatoms. The summed E-state index contributed by atoms with van der Waals surface area (Å²) in [6.45, 7) is 3.67. The van der Waals surface area contributed by atoms with Crippen LogP contribution < -0.4 is 10.6 Å². The Balaban J connectivity index is 2.03. The second-order valence-electron chi connectivity index (χ2n) is 4.56. The fourth-order valence-corrected chi connectivity index (χ4v) is 1.82. The molecular weight excluding hydrogens is 274 g/mol. The van der Waals surface area contributed by atoms with Crippen LogP contribution in [-0.2, 0) is 6.54 Å². The van der Waals surface area contributed by atoms with Crippen LogP contribution in [0.3, 0.4) is 0 Å². The van der Waals surface area contributed by atoms with Gasteiger partial charge in [0.2, 0.25) is 0 Å². The van der Waals surface area contributed by atoms with Crippen LogP contribution in [0.5, 0.6) is 0 Å². The molecule has 0 aromatic heterocycles. The van der Waals surface area contributed by atoms with E-state index >= 15 is 0 Å². The van der Waals surface area contributed by atoms with E-state index in [9.17, 15) is 13.6 Å². The number of hydrogen-bond acceptors (Lipinski definition) is 2. The first kappa shape index (κ1) is 15.1. The van der Waals surface area contributed by atoms with Crippen molar-refractivity contribution in [3.63, 3.8) is 0 Å². The van der Waals surface area contributed by atoms with E-state index in [1.54, 1.807) is 12.1 Å². The standard InChI is InChI=1S/C16H16F2N2O/c1-2-19-10-11-3-6-13(7-4-11)20-16(21)12-5-8-14(17)15(18)9-12/h3-9,19H,2,10H2,1H3,(H,20,21). The Kier molecular flexibility index (Phi) is 5.00. The zero-order valence-electron chi connectivity index (χ0n) is 11.6. The van der Waals surface area contributed by atoms with E-state index in [0.717, 1.165) is 30.8 Å². The van der Waals surface area contributed by atoms with Crippen molar-refractivity contribution in [1.29, 1.82) is 0 Å². The summed E-state index contributed by atoms with van der Waals surface area (Å²) in [5.41, 5.74) is 1.78. The van der Waals surface area contributed by atoms with Gasteiger partial charge in [-0.25, -0.2) is 8.78 Å². The van der Waals surface area contributed by atoms with Crippen molar-refractivity contribution in [2.24, 2.45) is 0 Å². The molecule has 0 saturated carbocycles. The molecule has 110 valence electrons. The number of amides is 1. The molecule has 2 aromatic carbocycles. The van der Waals surface area contributed by atoms with Crippen LogP contribution in [0, 0.1) is 11.6 Å². The monoisotopic (exact) mass is 290 g/mol. The van der Waals surface area contributed by atoms with E-state index in [-0.39, 0.29) is 5.56 Å². The van der Waals surface area contributed by atoms with Gasteiger partial charge in [-0.3, -0.25) is 4.79 Å². The fourth-order valence-electron chi connectivity index (χ4n) is 1.82. The Labute approximate surface area is 122 Å². The highest BCUT2D eigenvalue weighted by Crippen LogP contribution is 2.13. The lowest BCUT2D eigenvalue weighted by Gasteiger charge is -2.07. The number of anilines is 1. The molecule has 0 aliphatic carbocycles. The predicted octanol–water partition coefficient (Wildman–Crippen LogP) is 3.33. The van der Waals surface area contributed by atoms with Crippen LogP contribution >= 0.6 is 0 Å². The molecule has 21 heavy (non-hydrogen) atoms. The van der Waals surface area contributed by atoms with Gasteiger partial charge in [-0.1, -0.05) is 19.1 Å². The van der Waals surface area contributed by atoms with Gasteiger partial charge >= 0.3 is 0 Å². The maximum Gasteiger partial charge on any atom is 0.255 e. The molecule has 0 aliphatic rings. The summed E-state index contributed by atoms with van der Waals surface area (Å²) < 4.78 is 25.9. The van der Waals surface area contributed by atoms with Crippen molar-refractivity contribution in [3.8, 4) is 0 Å². The molecule has 0 spiro atoms. The lowest BCUT2D eigenvalue weighted by molar-refractivity contribution is 0.102. The number of benzene rings is 2. The molecular formula is C16H16F2N2O. The first-order valence-corrected chi connectivity index (χ1v) is 6.66. The Bertz CT molecular complexity index is 627. The number of rotatable bonds is 5. The molecule has 0 radical (unpaired) electrons. The maximum atomic E-state index is 13.1. The molecule has 0 bridgehead atoms. The highest BCUT2D eigenvalue weighted by molar-refractivity contribution is 6.04. The van der Waals surface area contributed by atoms with E-state index < -0.39 is 17.5 Å². The van der Waals surface area contributed by atoms with Gasteiger partial charge < -0.3 is 10.6 Å². The van der Waals surface area contributed by atoms with Crippen molar-refractivity contribution in [2.75, 3.05) is 11.9 Å². The van der Waals surface area contributed by atoms with E-state index in [1.165, 1.54) is 6.07 Å². The lowest BCUT2D eigenvalue weighted by atomic mass is 10.1. The van der Waals surface area contributed by atoms with Crippen molar-refractivity contribution in [2.45, 2.75) is 13.5 Å². The summed E-state index contributed by atoms with van der Waals surface area (Å²) in [6, 6.07) is 10.4. The highest BCUT2D eigenvalue weighted by Gasteiger charge is 2.09. The summed E-state index contributed by atoms with van der Waals surface area (Å²) in [7, 11) is 0. The van der Waals surface area contributed by atoms with Crippen LogP contribution in [0.4, 0.5) is 14.5 Å². The van der Waals surface area contributed by atoms with Gasteiger partial charge in [0.25, 0.3) is 5.91 Å². The van der Waals surface area contributed by atoms with Gasteiger partial charge in [-0.15, -0.1) is 0 Å². The topological polar surface area (TPSA) is 41.1 Å². The highest BCUT2D eigenvalue weighted by atomic mass is 19.2. The number of carbonyl (C=O) groups is 1. The molecule has 2 rings (SSSR count). The second kappa shape index (κ2) is 6.95. The molecule has 0 atom stereocenters. The zero-order valence-corrected chi connectivity index (χ0v) is 11.6. The van der Waals surface area contributed by atoms with Gasteiger partial charge in [0.1, 0.15) is 0 Å². The number of halogens is 2. The van der Waals surface area contributed by atoms with Gasteiger partial charge in [-0.2, -0.15) is 0 Å². The normalized spacial score (nSPS) is 10.4. The summed E-state index contributed by atoms with van der Waals surface area (Å²) in [4.78, 5) is 11.9. The average molecular weight is 290 g/mol. The summed E-state index contributed by atoms with van der Waals surface area (Å²) in [6.07, 6.45) is 0. The van der Waals surface area contributed by atoms with Crippen molar-refractivity contribution < 1.29 is 13.6 Å². The quantitative estimate of drug-likeness (QED) is 0.887. The maximum absolute atomic E-state index is 13.1. The minimum absolute atomic E-state index is 0.0747. The summed E-state index contributed by atoms with van der Waals surface area (Å²) in [5.74, 6) is -2.49. The molecule has 0 unspecified atom stereocenters. The SMILES string of the molecule is CCNCc1ccc(NC(=O)c2ccc(F)c(F)c2)cc1. The third-order valence-electron chi connectivity index (χ3n) is 2.97. The molecule has 0 saturated heterocycles. The first-order chi connectivity index (χ1) is 10.1. The molecule has 3 nitrogen and oxygen atoms in total. The Morgan fingerprint density at radius 2 is 1.76 bits per heavy atom. The fraction of sp³-hybridized carbons (Fsp3) is 0.188. The third kappa shape index (κ3) is 4.10. The number of hydrogen-bond donors (Lipinski definition) is 2. The molecule has 0 fully saturated rings. The van der Waals surface area contributed by atoms with Gasteiger partial charge in [-0.05, 0) is 42.4 Å². The number of nitrogens with one attached hydrogen (secondary N) is 2. The Morgan fingerprint density at radius 3 is 2.38 bits per heavy atom. The van der Waals surface area contributed by atoms with Crippen molar-refractivity contribution in [3.05, 3.63) is 65.2 Å². The van der Waals surface area contributed by atoms with E-state index in [1.807, 2.05) is 19.1 Å². The molecule has 0 heterocycles. The molecule has 0 aliphatic heterocycles. The third-order valence-corrected chi connectivity index (χ3v) is 2.97. The summed E-state index contributed by atoms with van der Waals surface area (Å²) >= 11 is 0. The largest absolute Gasteiger partial charge is 0.322 e. The zero-order chi connectivity index (χ0) is 15.2. The predicted molar refractivity (Wildman–Crippen MR) is 78.1 cm³/mol. The number of carbonyl (C=O) groups excluding carboxylic acids is 1. The van der Waals surface area contributed by atoms with Crippen LogP contribution in [0.25, 0.3) is 0 Å². The van der Waals surface area contributed by atoms with Gasteiger partial charge in [0.15, 0.2) is 11.6 Å². The lowest BCUT2D eigenvalue weighted by Crippen LogP contribution is -2.13. The van der Waals surface area contributed by atoms with Crippen LogP contribution in [-0.4, -0.2) is 12.5 Å². The van der Waals surface area contributed by atoms with Gasteiger partial charge in [0.05, 0.1) is 0 Å². The van der Waals surface area contributed by atoms with E-state index in [4.69, 9.17) is 0 Å². The minimum Gasteiger partial charge on any atom is -0.322 e. The molecule has 1 amide bonds. The molecule has 2 aromatic rings. The van der Waals surface area contributed by atoms with Crippen molar-refractivity contribution in [1.82, 2.24) is 5.32 Å². The first-order valence-electron chi connectivity index (χ1n) is 6.66. The average Bonchev–Trinajstić information content (AvgIpc) is 2.49.